The highest BCUT2D eigenvalue weighted by Crippen LogP contribution is 2.23. The van der Waals surface area contributed by atoms with Crippen molar-refractivity contribution in [2.75, 3.05) is 36.4 Å². The molecule has 2 heterocycles. The Hall–Kier alpha value is -3.93. The Kier molecular flexibility index (Phi) is 6.12. The first-order valence-electron chi connectivity index (χ1n) is 11.7. The maximum Gasteiger partial charge on any atom is 0.227 e. The van der Waals surface area contributed by atoms with E-state index in [1.807, 2.05) is 48.2 Å². The number of hydrogen-bond donors (Lipinski definition) is 1. The van der Waals surface area contributed by atoms with Gasteiger partial charge < -0.3 is 15.1 Å². The molecule has 1 N–H and O–H groups in total. The number of carbonyl (C=O) groups is 1. The van der Waals surface area contributed by atoms with Crippen molar-refractivity contribution in [1.82, 2.24) is 14.9 Å². The average molecular weight is 452 g/mol. The molecule has 1 fully saturated rings. The normalized spacial score (nSPS) is 13.8. The van der Waals surface area contributed by atoms with Crippen LogP contribution in [-0.4, -0.2) is 47.0 Å². The van der Waals surface area contributed by atoms with Crippen LogP contribution in [0.5, 0.6) is 0 Å². The van der Waals surface area contributed by atoms with Crippen LogP contribution in [0.2, 0.25) is 0 Å². The van der Waals surface area contributed by atoms with Gasteiger partial charge in [-0.1, -0.05) is 60.2 Å². The third kappa shape index (κ3) is 4.86. The van der Waals surface area contributed by atoms with E-state index < -0.39 is 0 Å². The number of anilines is 3. The van der Waals surface area contributed by atoms with Crippen molar-refractivity contribution >= 4 is 34.0 Å². The van der Waals surface area contributed by atoms with Gasteiger partial charge in [0.15, 0.2) is 0 Å². The molecule has 0 radical (unpaired) electrons. The number of nitrogens with one attached hydrogen (secondary N) is 1. The Bertz CT molecular complexity index is 1300. The highest BCUT2D eigenvalue weighted by molar-refractivity contribution is 5.90. The number of carbonyl (C=O) groups excluding carboxylic acids is 1. The lowest BCUT2D eigenvalue weighted by Crippen LogP contribution is -2.49. The van der Waals surface area contributed by atoms with Gasteiger partial charge in [0.2, 0.25) is 5.91 Å². The van der Waals surface area contributed by atoms with Gasteiger partial charge in [-0.15, -0.1) is 0 Å². The van der Waals surface area contributed by atoms with Crippen LogP contribution in [0.4, 0.5) is 17.3 Å². The number of hydrogen-bond acceptors (Lipinski definition) is 5. The van der Waals surface area contributed by atoms with Crippen molar-refractivity contribution in [2.24, 2.45) is 0 Å². The van der Waals surface area contributed by atoms with E-state index in [1.165, 1.54) is 10.9 Å². The molecule has 0 atom stereocenters. The molecule has 0 bridgehead atoms. The topological polar surface area (TPSA) is 61.4 Å². The zero-order valence-corrected chi connectivity index (χ0v) is 19.7. The van der Waals surface area contributed by atoms with Crippen LogP contribution in [-0.2, 0) is 11.2 Å². The summed E-state index contributed by atoms with van der Waals surface area (Å²) in [5.41, 5.74) is 3.31. The van der Waals surface area contributed by atoms with Gasteiger partial charge in [-0.25, -0.2) is 9.97 Å². The molecule has 1 aliphatic heterocycles. The lowest BCUT2D eigenvalue weighted by Gasteiger charge is -2.35. The van der Waals surface area contributed by atoms with E-state index in [4.69, 9.17) is 0 Å². The van der Waals surface area contributed by atoms with Crippen molar-refractivity contribution < 1.29 is 4.79 Å². The zero-order valence-electron chi connectivity index (χ0n) is 19.7. The minimum absolute atomic E-state index is 0.177. The van der Waals surface area contributed by atoms with Gasteiger partial charge in [0.05, 0.1) is 6.42 Å². The molecule has 1 saturated heterocycles. The zero-order chi connectivity index (χ0) is 23.5. The number of aromatic nitrogens is 2. The van der Waals surface area contributed by atoms with E-state index in [1.54, 1.807) is 0 Å². The fourth-order valence-corrected chi connectivity index (χ4v) is 4.47. The van der Waals surface area contributed by atoms with Crippen molar-refractivity contribution in [3.63, 3.8) is 0 Å². The van der Waals surface area contributed by atoms with E-state index in [0.717, 1.165) is 47.2 Å². The summed E-state index contributed by atoms with van der Waals surface area (Å²) in [7, 11) is 0. The lowest BCUT2D eigenvalue weighted by molar-refractivity contribution is -0.130. The largest absolute Gasteiger partial charge is 0.353 e. The Morgan fingerprint density at radius 1 is 0.882 bits per heavy atom. The van der Waals surface area contributed by atoms with Crippen LogP contribution in [0.3, 0.4) is 0 Å². The monoisotopic (exact) mass is 451 g/mol. The number of fused-ring (bicyclic) bond motifs is 1. The van der Waals surface area contributed by atoms with Crippen molar-refractivity contribution in [2.45, 2.75) is 20.3 Å². The van der Waals surface area contributed by atoms with Gasteiger partial charge >= 0.3 is 0 Å². The lowest BCUT2D eigenvalue weighted by atomic mass is 10.0. The van der Waals surface area contributed by atoms with Gasteiger partial charge in [0.1, 0.15) is 17.5 Å². The number of rotatable bonds is 5. The van der Waals surface area contributed by atoms with Gasteiger partial charge in [-0.05, 0) is 42.3 Å². The summed E-state index contributed by atoms with van der Waals surface area (Å²) in [5.74, 6) is 2.57. The predicted molar refractivity (Wildman–Crippen MR) is 138 cm³/mol. The van der Waals surface area contributed by atoms with Crippen LogP contribution in [0.1, 0.15) is 17.0 Å². The Balaban J connectivity index is 1.23. The summed E-state index contributed by atoms with van der Waals surface area (Å²) in [4.78, 5) is 26.5. The second-order valence-electron chi connectivity index (χ2n) is 8.83. The molecule has 0 spiro atoms. The van der Waals surface area contributed by atoms with Crippen LogP contribution in [0.15, 0.2) is 72.8 Å². The van der Waals surface area contributed by atoms with Crippen LogP contribution >= 0.6 is 0 Å². The molecule has 1 amide bonds. The molecule has 0 unspecified atom stereocenters. The third-order valence-electron chi connectivity index (χ3n) is 6.33. The van der Waals surface area contributed by atoms with Crippen molar-refractivity contribution in [3.05, 3.63) is 89.7 Å². The SMILES string of the molecule is Cc1ccc(Nc2cc(N3CCN(C(=O)Cc4cccc5ccccc45)CC3)nc(C)n2)cc1. The summed E-state index contributed by atoms with van der Waals surface area (Å²) in [6, 6.07) is 24.7. The van der Waals surface area contributed by atoms with E-state index >= 15 is 0 Å². The first-order valence-corrected chi connectivity index (χ1v) is 11.7. The van der Waals surface area contributed by atoms with Crippen molar-refractivity contribution in [3.8, 4) is 0 Å². The highest BCUT2D eigenvalue weighted by Gasteiger charge is 2.23. The number of aryl methyl sites for hydroxylation is 2. The molecule has 5 rings (SSSR count). The first-order chi connectivity index (χ1) is 16.5. The molecule has 0 saturated carbocycles. The summed E-state index contributed by atoms with van der Waals surface area (Å²) in [5, 5.41) is 5.71. The molecule has 0 aliphatic carbocycles. The van der Waals surface area contributed by atoms with Crippen molar-refractivity contribution in [1.29, 1.82) is 0 Å². The van der Waals surface area contributed by atoms with E-state index in [2.05, 4.69) is 63.5 Å². The van der Waals surface area contributed by atoms with Crippen LogP contribution < -0.4 is 10.2 Å². The smallest absolute Gasteiger partial charge is 0.227 e. The fraction of sp³-hybridized carbons (Fsp3) is 0.250. The number of nitrogens with zero attached hydrogens (tertiary/aromatic N) is 4. The van der Waals surface area contributed by atoms with E-state index in [-0.39, 0.29) is 5.91 Å². The fourth-order valence-electron chi connectivity index (χ4n) is 4.47. The third-order valence-corrected chi connectivity index (χ3v) is 6.33. The Morgan fingerprint density at radius 2 is 1.62 bits per heavy atom. The summed E-state index contributed by atoms with van der Waals surface area (Å²) in [6.45, 7) is 6.86. The predicted octanol–water partition coefficient (Wildman–Crippen LogP) is 4.88. The molecule has 3 aromatic carbocycles. The molecular formula is C28H29N5O. The molecule has 4 aromatic rings. The molecular weight excluding hydrogens is 422 g/mol. The van der Waals surface area contributed by atoms with Gasteiger partial charge in [-0.2, -0.15) is 0 Å². The second-order valence-corrected chi connectivity index (χ2v) is 8.83. The van der Waals surface area contributed by atoms with E-state index in [9.17, 15) is 4.79 Å². The molecule has 6 nitrogen and oxygen atoms in total. The highest BCUT2D eigenvalue weighted by atomic mass is 16.2. The Labute approximate surface area is 200 Å². The van der Waals surface area contributed by atoms with Crippen LogP contribution in [0.25, 0.3) is 10.8 Å². The Morgan fingerprint density at radius 3 is 2.41 bits per heavy atom. The maximum absolute atomic E-state index is 13.1. The molecule has 1 aromatic heterocycles. The molecule has 1 aliphatic rings. The number of benzene rings is 3. The molecule has 172 valence electrons. The number of amides is 1. The molecule has 6 heteroatoms. The van der Waals surface area contributed by atoms with Gasteiger partial charge in [-0.3, -0.25) is 4.79 Å². The average Bonchev–Trinajstić information content (AvgIpc) is 2.85. The summed E-state index contributed by atoms with van der Waals surface area (Å²) < 4.78 is 0. The summed E-state index contributed by atoms with van der Waals surface area (Å²) >= 11 is 0. The maximum atomic E-state index is 13.1. The minimum Gasteiger partial charge on any atom is -0.353 e. The van der Waals surface area contributed by atoms with Crippen LogP contribution in [0, 0.1) is 13.8 Å². The summed E-state index contributed by atoms with van der Waals surface area (Å²) in [6.07, 6.45) is 0.429. The second kappa shape index (κ2) is 9.51. The number of piperazine rings is 1. The molecule has 34 heavy (non-hydrogen) atoms. The van der Waals surface area contributed by atoms with E-state index in [0.29, 0.717) is 19.5 Å². The van der Waals surface area contributed by atoms with Gasteiger partial charge in [0.25, 0.3) is 0 Å². The standard InChI is InChI=1S/C28H29N5O/c1-20-10-12-24(13-11-20)31-26-19-27(30-21(2)29-26)32-14-16-33(17-15-32)28(34)18-23-8-5-7-22-6-3-4-9-25(22)23/h3-13,19H,14-18H2,1-2H3,(H,29,30,31). The van der Waals surface area contributed by atoms with Gasteiger partial charge in [0, 0.05) is 37.9 Å². The first kappa shape index (κ1) is 21.9. The minimum atomic E-state index is 0.177. The quantitative estimate of drug-likeness (QED) is 0.469.